The molecule has 0 saturated carbocycles. The molecule has 1 unspecified atom stereocenters. The van der Waals surface area contributed by atoms with Crippen LogP contribution in [0.2, 0.25) is 0 Å². The zero-order valence-corrected chi connectivity index (χ0v) is 21.9. The number of alkyl halides is 1. The number of carbonyl (C=O) groups is 2. The molecule has 2 aliphatic rings. The van der Waals surface area contributed by atoms with Gasteiger partial charge < -0.3 is 20.3 Å². The van der Waals surface area contributed by atoms with Gasteiger partial charge in [0, 0.05) is 18.7 Å². The van der Waals surface area contributed by atoms with Gasteiger partial charge in [0.15, 0.2) is 0 Å². The highest BCUT2D eigenvalue weighted by molar-refractivity contribution is 6.03. The van der Waals surface area contributed by atoms with Crippen LogP contribution in [0.1, 0.15) is 55.5 Å². The highest BCUT2D eigenvalue weighted by Crippen LogP contribution is 2.33. The van der Waals surface area contributed by atoms with Crippen LogP contribution in [0, 0.1) is 23.1 Å². The number of nitrogens with zero attached hydrogens (tertiary/aromatic N) is 3. The Morgan fingerprint density at radius 3 is 2.53 bits per heavy atom. The van der Waals surface area contributed by atoms with E-state index in [0.29, 0.717) is 49.8 Å². The normalized spacial score (nSPS) is 18.8. The molecular formula is C29H34F2N4O3. The number of carbonyl (C=O) groups excluding carboxylic acids is 2. The maximum atomic E-state index is 15.0. The molecule has 0 aromatic heterocycles. The molecule has 2 aromatic carbocycles. The number of nitrogens with two attached hydrogens (primary N) is 1. The van der Waals surface area contributed by atoms with Crippen molar-refractivity contribution in [3.8, 4) is 22.9 Å². The van der Waals surface area contributed by atoms with Crippen molar-refractivity contribution < 1.29 is 23.1 Å². The van der Waals surface area contributed by atoms with Gasteiger partial charge in [-0.15, -0.1) is 0 Å². The van der Waals surface area contributed by atoms with Crippen LogP contribution in [-0.4, -0.2) is 66.1 Å². The number of primary amides is 1. The molecule has 2 aliphatic heterocycles. The summed E-state index contributed by atoms with van der Waals surface area (Å²) in [6.07, 6.45) is 2.84. The third-order valence-electron chi connectivity index (χ3n) is 7.26. The van der Waals surface area contributed by atoms with Crippen LogP contribution in [0.25, 0.3) is 11.1 Å². The summed E-state index contributed by atoms with van der Waals surface area (Å²) in [5, 5.41) is 9.88. The Labute approximate surface area is 222 Å². The second kappa shape index (κ2) is 11.5. The van der Waals surface area contributed by atoms with E-state index in [1.165, 1.54) is 17.0 Å². The van der Waals surface area contributed by atoms with Crippen molar-refractivity contribution in [3.63, 3.8) is 0 Å². The lowest BCUT2D eigenvalue weighted by Gasteiger charge is -2.34. The summed E-state index contributed by atoms with van der Waals surface area (Å²) >= 11 is 0. The average molecular weight is 525 g/mol. The van der Waals surface area contributed by atoms with Crippen molar-refractivity contribution in [3.05, 3.63) is 53.3 Å². The predicted octanol–water partition coefficient (Wildman–Crippen LogP) is 4.29. The first-order valence-electron chi connectivity index (χ1n) is 13.0. The summed E-state index contributed by atoms with van der Waals surface area (Å²) in [5.41, 5.74) is 4.98. The summed E-state index contributed by atoms with van der Waals surface area (Å²) < 4.78 is 35.0. The van der Waals surface area contributed by atoms with Gasteiger partial charge in [-0.1, -0.05) is 12.1 Å². The number of benzene rings is 2. The minimum absolute atomic E-state index is 0.186. The molecule has 2 aromatic rings. The number of nitriles is 1. The number of piperidine rings is 1. The standard InChI is InChI=1S/C29H34F2N4O3/c1-29(2,31)18-34-13-10-19(11-14-34)17-38-21-8-9-22(20(15-21)16-32)23-5-3-6-24(30)26(23)28(37)35-12-4-7-25(35)27(33)36/h3,5-6,8-9,15,19,25H,4,7,10-14,17-18H2,1-2H3,(H2,33,36). The van der Waals surface area contributed by atoms with Gasteiger partial charge in [0.1, 0.15) is 23.3 Å². The van der Waals surface area contributed by atoms with E-state index in [9.17, 15) is 19.2 Å². The lowest BCUT2D eigenvalue weighted by atomic mass is 9.94. The lowest BCUT2D eigenvalue weighted by Crippen LogP contribution is -2.44. The summed E-state index contributed by atoms with van der Waals surface area (Å²) in [6, 6.07) is 10.6. The Bertz CT molecular complexity index is 1230. The number of halogens is 2. The predicted molar refractivity (Wildman–Crippen MR) is 140 cm³/mol. The van der Waals surface area contributed by atoms with E-state index in [4.69, 9.17) is 10.5 Å². The summed E-state index contributed by atoms with van der Waals surface area (Å²) in [4.78, 5) is 28.6. The van der Waals surface area contributed by atoms with Crippen molar-refractivity contribution in [1.82, 2.24) is 9.80 Å². The minimum Gasteiger partial charge on any atom is -0.493 e. The second-order valence-electron chi connectivity index (χ2n) is 10.8. The van der Waals surface area contributed by atoms with Crippen LogP contribution < -0.4 is 10.5 Å². The third kappa shape index (κ3) is 6.30. The van der Waals surface area contributed by atoms with E-state index >= 15 is 4.39 Å². The number of amides is 2. The minimum atomic E-state index is -1.22. The zero-order chi connectivity index (χ0) is 27.4. The molecule has 0 aliphatic carbocycles. The van der Waals surface area contributed by atoms with Crippen LogP contribution in [0.5, 0.6) is 5.75 Å². The molecule has 2 fully saturated rings. The van der Waals surface area contributed by atoms with Gasteiger partial charge in [-0.3, -0.25) is 9.59 Å². The van der Waals surface area contributed by atoms with Crippen molar-refractivity contribution in [2.24, 2.45) is 11.7 Å². The third-order valence-corrected chi connectivity index (χ3v) is 7.26. The molecule has 7 nitrogen and oxygen atoms in total. The van der Waals surface area contributed by atoms with E-state index in [2.05, 4.69) is 11.0 Å². The molecular weight excluding hydrogens is 490 g/mol. The van der Waals surface area contributed by atoms with Crippen LogP contribution in [0.15, 0.2) is 36.4 Å². The molecule has 0 bridgehead atoms. The number of likely N-dealkylation sites (tertiary alicyclic amines) is 2. The van der Waals surface area contributed by atoms with E-state index in [0.717, 1.165) is 25.9 Å². The molecule has 0 radical (unpaired) electrons. The fourth-order valence-electron chi connectivity index (χ4n) is 5.41. The van der Waals surface area contributed by atoms with Crippen LogP contribution >= 0.6 is 0 Å². The molecule has 1 atom stereocenters. The molecule has 4 rings (SSSR count). The Balaban J connectivity index is 1.50. The van der Waals surface area contributed by atoms with E-state index in [-0.39, 0.29) is 16.7 Å². The molecule has 2 amide bonds. The number of rotatable bonds is 8. The monoisotopic (exact) mass is 524 g/mol. The first-order valence-corrected chi connectivity index (χ1v) is 13.0. The highest BCUT2D eigenvalue weighted by Gasteiger charge is 2.35. The van der Waals surface area contributed by atoms with Gasteiger partial charge in [0.25, 0.3) is 5.91 Å². The van der Waals surface area contributed by atoms with Gasteiger partial charge in [-0.25, -0.2) is 8.78 Å². The van der Waals surface area contributed by atoms with Gasteiger partial charge in [0.2, 0.25) is 5.91 Å². The topological polar surface area (TPSA) is 99.7 Å². The SMILES string of the molecule is CC(C)(F)CN1CCC(COc2ccc(-c3cccc(F)c3C(=O)N3CCCC3C(N)=O)c(C#N)c2)CC1. The number of hydrogen-bond donors (Lipinski definition) is 1. The van der Waals surface area contributed by atoms with Gasteiger partial charge in [-0.05, 0) is 88.4 Å². The fourth-order valence-corrected chi connectivity index (χ4v) is 5.41. The summed E-state index contributed by atoms with van der Waals surface area (Å²) in [7, 11) is 0. The highest BCUT2D eigenvalue weighted by atomic mass is 19.1. The number of ether oxygens (including phenoxy) is 1. The van der Waals surface area contributed by atoms with Crippen molar-refractivity contribution in [2.45, 2.75) is 51.2 Å². The Kier molecular flexibility index (Phi) is 8.32. The second-order valence-corrected chi connectivity index (χ2v) is 10.8. The quantitative estimate of drug-likeness (QED) is 0.555. The largest absolute Gasteiger partial charge is 0.493 e. The van der Waals surface area contributed by atoms with Crippen molar-refractivity contribution in [2.75, 3.05) is 32.8 Å². The average Bonchev–Trinajstić information content (AvgIpc) is 3.37. The first-order chi connectivity index (χ1) is 18.1. The molecule has 2 heterocycles. The molecule has 38 heavy (non-hydrogen) atoms. The Morgan fingerprint density at radius 1 is 1.13 bits per heavy atom. The van der Waals surface area contributed by atoms with Crippen LogP contribution in [0.4, 0.5) is 8.78 Å². The summed E-state index contributed by atoms with van der Waals surface area (Å²) in [5.74, 6) is -1.13. The van der Waals surface area contributed by atoms with E-state index in [1.54, 1.807) is 38.1 Å². The zero-order valence-electron chi connectivity index (χ0n) is 21.9. The molecule has 2 N–H and O–H groups in total. The van der Waals surface area contributed by atoms with Gasteiger partial charge in [0.05, 0.1) is 23.8 Å². The molecule has 0 spiro atoms. The fraction of sp³-hybridized carbons (Fsp3) is 0.483. The maximum absolute atomic E-state index is 15.0. The Hall–Kier alpha value is -3.51. The van der Waals surface area contributed by atoms with Crippen molar-refractivity contribution in [1.29, 1.82) is 5.26 Å². The van der Waals surface area contributed by atoms with Crippen LogP contribution in [0.3, 0.4) is 0 Å². The van der Waals surface area contributed by atoms with Gasteiger partial charge >= 0.3 is 0 Å². The molecule has 9 heteroatoms. The summed E-state index contributed by atoms with van der Waals surface area (Å²) in [6.45, 7) is 6.00. The first kappa shape index (κ1) is 27.5. The molecule has 2 saturated heterocycles. The Morgan fingerprint density at radius 2 is 1.87 bits per heavy atom. The van der Waals surface area contributed by atoms with Crippen LogP contribution in [-0.2, 0) is 4.79 Å². The van der Waals surface area contributed by atoms with E-state index in [1.807, 2.05) is 0 Å². The van der Waals surface area contributed by atoms with Gasteiger partial charge in [-0.2, -0.15) is 5.26 Å². The number of hydrogen-bond acceptors (Lipinski definition) is 5. The van der Waals surface area contributed by atoms with E-state index < -0.39 is 29.3 Å². The maximum Gasteiger partial charge on any atom is 0.258 e. The van der Waals surface area contributed by atoms with Crippen molar-refractivity contribution >= 4 is 11.8 Å². The molecule has 202 valence electrons. The smallest absolute Gasteiger partial charge is 0.258 e. The lowest BCUT2D eigenvalue weighted by molar-refractivity contribution is -0.121.